The topological polar surface area (TPSA) is 29.3 Å². The minimum absolute atomic E-state index is 0. The highest BCUT2D eigenvalue weighted by atomic mass is 35.5. The summed E-state index contributed by atoms with van der Waals surface area (Å²) in [4.78, 5) is 2.21. The van der Waals surface area contributed by atoms with Gasteiger partial charge in [-0.25, -0.2) is 0 Å². The highest BCUT2D eigenvalue weighted by Crippen LogP contribution is 2.12. The van der Waals surface area contributed by atoms with E-state index in [2.05, 4.69) is 18.9 Å². The highest BCUT2D eigenvalue weighted by Gasteiger charge is 2.31. The molecule has 2 nitrogen and oxygen atoms in total. The van der Waals surface area contributed by atoms with Gasteiger partial charge < -0.3 is 10.6 Å². The van der Waals surface area contributed by atoms with Crippen LogP contribution >= 0.6 is 24.8 Å². The van der Waals surface area contributed by atoms with Crippen LogP contribution in [0, 0.1) is 0 Å². The zero-order valence-corrected chi connectivity index (χ0v) is 7.39. The summed E-state index contributed by atoms with van der Waals surface area (Å²) < 4.78 is 0. The summed E-state index contributed by atoms with van der Waals surface area (Å²) in [5.41, 5.74) is 5.79. The van der Waals surface area contributed by atoms with Gasteiger partial charge in [-0.1, -0.05) is 0 Å². The van der Waals surface area contributed by atoms with Gasteiger partial charge in [0.05, 0.1) is 0 Å². The Balaban J connectivity index is 0. The molecule has 0 aromatic heterocycles. The molecule has 0 saturated carbocycles. The summed E-state index contributed by atoms with van der Waals surface area (Å²) in [5.74, 6) is 0. The molecule has 1 aliphatic rings. The third-order valence-corrected chi connectivity index (χ3v) is 1.26. The maximum Gasteiger partial charge on any atom is 0.0383 e. The van der Waals surface area contributed by atoms with Crippen LogP contribution < -0.4 is 5.73 Å². The minimum Gasteiger partial charge on any atom is -0.323 e. The van der Waals surface area contributed by atoms with E-state index in [9.17, 15) is 0 Å². The standard InChI is InChI=1S/C5H12N2.2ClH/c1-5(6)3-7(2)4-5;;/h3-4,6H2,1-2H3;2*1H. The smallest absolute Gasteiger partial charge is 0.0383 e. The number of hydrogen-bond donors (Lipinski definition) is 1. The van der Waals surface area contributed by atoms with Crippen molar-refractivity contribution in [2.45, 2.75) is 12.5 Å². The molecule has 1 saturated heterocycles. The molecule has 1 heterocycles. The first kappa shape index (κ1) is 12.2. The molecule has 0 radical (unpaired) electrons. The Hall–Kier alpha value is 0.500. The third-order valence-electron chi connectivity index (χ3n) is 1.26. The average molecular weight is 173 g/mol. The Bertz CT molecular complexity index is 77.0. The lowest BCUT2D eigenvalue weighted by Gasteiger charge is -2.43. The molecule has 0 aliphatic carbocycles. The first-order chi connectivity index (χ1) is 3.10. The monoisotopic (exact) mass is 172 g/mol. The lowest BCUT2D eigenvalue weighted by molar-refractivity contribution is 0.115. The molecule has 0 bridgehead atoms. The van der Waals surface area contributed by atoms with Crippen molar-refractivity contribution in [2.24, 2.45) is 5.73 Å². The van der Waals surface area contributed by atoms with Gasteiger partial charge in [-0.05, 0) is 14.0 Å². The van der Waals surface area contributed by atoms with Crippen molar-refractivity contribution in [1.82, 2.24) is 4.90 Å². The average Bonchev–Trinajstić information content (AvgIpc) is 1.27. The summed E-state index contributed by atoms with van der Waals surface area (Å²) in [7, 11) is 2.08. The number of likely N-dealkylation sites (tertiary alicyclic amines) is 1. The molecule has 0 aromatic carbocycles. The predicted octanol–water partition coefficient (Wildman–Crippen LogP) is 0.493. The first-order valence-electron chi connectivity index (χ1n) is 2.58. The summed E-state index contributed by atoms with van der Waals surface area (Å²) in [6, 6.07) is 0. The van der Waals surface area contributed by atoms with Crippen LogP contribution in [-0.2, 0) is 0 Å². The lowest BCUT2D eigenvalue weighted by Crippen LogP contribution is -2.63. The Kier molecular flexibility index (Phi) is 4.90. The summed E-state index contributed by atoms with van der Waals surface area (Å²) >= 11 is 0. The van der Waals surface area contributed by atoms with Gasteiger partial charge in [0.1, 0.15) is 0 Å². The van der Waals surface area contributed by atoms with E-state index in [1.807, 2.05) is 0 Å². The molecule has 1 fully saturated rings. The van der Waals surface area contributed by atoms with Gasteiger partial charge in [-0.15, -0.1) is 24.8 Å². The van der Waals surface area contributed by atoms with Crippen molar-refractivity contribution >= 4 is 24.8 Å². The van der Waals surface area contributed by atoms with Gasteiger partial charge in [-0.2, -0.15) is 0 Å². The Morgan fingerprint density at radius 2 is 1.67 bits per heavy atom. The molecular weight excluding hydrogens is 159 g/mol. The van der Waals surface area contributed by atoms with Gasteiger partial charge in [-0.3, -0.25) is 0 Å². The molecule has 0 atom stereocenters. The maximum absolute atomic E-state index is 5.67. The molecule has 0 spiro atoms. The fraction of sp³-hybridized carbons (Fsp3) is 1.00. The Morgan fingerprint density at radius 1 is 1.33 bits per heavy atom. The molecule has 9 heavy (non-hydrogen) atoms. The zero-order chi connectivity index (χ0) is 5.49. The number of likely N-dealkylation sites (N-methyl/N-ethyl adjacent to an activating group) is 1. The molecule has 0 unspecified atom stereocenters. The van der Waals surface area contributed by atoms with E-state index in [1.165, 1.54) is 0 Å². The quantitative estimate of drug-likeness (QED) is 0.577. The second-order valence-corrected chi connectivity index (χ2v) is 2.83. The van der Waals surface area contributed by atoms with E-state index in [0.717, 1.165) is 13.1 Å². The molecule has 1 aliphatic heterocycles. The molecule has 2 N–H and O–H groups in total. The van der Waals surface area contributed by atoms with Crippen LogP contribution in [0.4, 0.5) is 0 Å². The highest BCUT2D eigenvalue weighted by molar-refractivity contribution is 5.85. The largest absolute Gasteiger partial charge is 0.323 e. The molecule has 1 rings (SSSR count). The van der Waals surface area contributed by atoms with Gasteiger partial charge >= 0.3 is 0 Å². The summed E-state index contributed by atoms with van der Waals surface area (Å²) in [6.45, 7) is 4.17. The van der Waals surface area contributed by atoms with Crippen LogP contribution in [0.5, 0.6) is 0 Å². The van der Waals surface area contributed by atoms with Crippen LogP contribution in [-0.4, -0.2) is 30.6 Å². The SMILES string of the molecule is CN1CC(C)(N)C1.Cl.Cl. The van der Waals surface area contributed by atoms with Crippen molar-refractivity contribution < 1.29 is 0 Å². The molecular formula is C5H14Cl2N2. The van der Waals surface area contributed by atoms with Crippen molar-refractivity contribution in [1.29, 1.82) is 0 Å². The Morgan fingerprint density at radius 3 is 1.67 bits per heavy atom. The van der Waals surface area contributed by atoms with Crippen LogP contribution in [0.3, 0.4) is 0 Å². The number of nitrogens with two attached hydrogens (primary N) is 1. The third kappa shape index (κ3) is 3.26. The van der Waals surface area contributed by atoms with Gasteiger partial charge in [0, 0.05) is 18.6 Å². The summed E-state index contributed by atoms with van der Waals surface area (Å²) in [5, 5.41) is 0. The zero-order valence-electron chi connectivity index (χ0n) is 5.76. The van der Waals surface area contributed by atoms with Crippen LogP contribution in [0.2, 0.25) is 0 Å². The Labute approximate surface area is 68.6 Å². The van der Waals surface area contributed by atoms with Crippen LogP contribution in [0.25, 0.3) is 0 Å². The van der Waals surface area contributed by atoms with Crippen molar-refractivity contribution in [3.63, 3.8) is 0 Å². The van der Waals surface area contributed by atoms with Crippen LogP contribution in [0.1, 0.15) is 6.92 Å². The van der Waals surface area contributed by atoms with Crippen molar-refractivity contribution in [3.05, 3.63) is 0 Å². The number of rotatable bonds is 0. The van der Waals surface area contributed by atoms with Crippen molar-refractivity contribution in [2.75, 3.05) is 20.1 Å². The fourth-order valence-corrected chi connectivity index (χ4v) is 1.19. The molecule has 58 valence electrons. The second kappa shape index (κ2) is 3.62. The van der Waals surface area contributed by atoms with Gasteiger partial charge in [0.2, 0.25) is 0 Å². The lowest BCUT2D eigenvalue weighted by atomic mass is 9.95. The van der Waals surface area contributed by atoms with E-state index in [4.69, 9.17) is 5.73 Å². The predicted molar refractivity (Wildman–Crippen MR) is 44.6 cm³/mol. The maximum atomic E-state index is 5.67. The minimum atomic E-state index is 0. The number of hydrogen-bond acceptors (Lipinski definition) is 2. The number of nitrogens with zero attached hydrogens (tertiary/aromatic N) is 1. The van der Waals surface area contributed by atoms with Gasteiger partial charge in [0.25, 0.3) is 0 Å². The normalized spacial score (nSPS) is 23.0. The first-order valence-corrected chi connectivity index (χ1v) is 2.58. The molecule has 0 aromatic rings. The van der Waals surface area contributed by atoms with Crippen molar-refractivity contribution in [3.8, 4) is 0 Å². The van der Waals surface area contributed by atoms with E-state index < -0.39 is 0 Å². The van der Waals surface area contributed by atoms with Gasteiger partial charge in [0.15, 0.2) is 0 Å². The molecule has 4 heteroatoms. The fourth-order valence-electron chi connectivity index (χ4n) is 1.19. The van der Waals surface area contributed by atoms with E-state index in [1.54, 1.807) is 0 Å². The van der Waals surface area contributed by atoms with E-state index in [-0.39, 0.29) is 30.4 Å². The second-order valence-electron chi connectivity index (χ2n) is 2.83. The molecule has 0 amide bonds. The van der Waals surface area contributed by atoms with E-state index in [0.29, 0.717) is 0 Å². The van der Waals surface area contributed by atoms with Crippen LogP contribution in [0.15, 0.2) is 0 Å². The van der Waals surface area contributed by atoms with E-state index >= 15 is 0 Å². The summed E-state index contributed by atoms with van der Waals surface area (Å²) in [6.07, 6.45) is 0. The number of halogens is 2.